The largest absolute Gasteiger partial charge is 0.381 e. The third-order valence-corrected chi connectivity index (χ3v) is 5.47. The number of alkyl halides is 3. The Balaban J connectivity index is 1.85. The summed E-state index contributed by atoms with van der Waals surface area (Å²) in [6, 6.07) is 0.440. The van der Waals surface area contributed by atoms with Crippen LogP contribution in [0.3, 0.4) is 0 Å². The SMILES string of the molecule is CCOCC(CCCCl)C1=CCC(N2CCC(F)(F)CC2)CC1. The van der Waals surface area contributed by atoms with Crippen molar-refractivity contribution in [3.05, 3.63) is 11.6 Å². The summed E-state index contributed by atoms with van der Waals surface area (Å²) in [5.41, 5.74) is 1.49. The number of hydrogen-bond donors (Lipinski definition) is 0. The van der Waals surface area contributed by atoms with Gasteiger partial charge in [0.15, 0.2) is 0 Å². The third kappa shape index (κ3) is 5.99. The molecule has 134 valence electrons. The Labute approximate surface area is 144 Å². The fraction of sp³-hybridized carbons (Fsp3) is 0.889. The van der Waals surface area contributed by atoms with Gasteiger partial charge in [-0.25, -0.2) is 8.78 Å². The van der Waals surface area contributed by atoms with Crippen LogP contribution in [0, 0.1) is 5.92 Å². The Hall–Kier alpha value is -0.190. The van der Waals surface area contributed by atoms with Gasteiger partial charge in [-0.1, -0.05) is 11.6 Å². The maximum absolute atomic E-state index is 13.3. The van der Waals surface area contributed by atoms with E-state index in [2.05, 4.69) is 11.0 Å². The molecule has 1 saturated heterocycles. The molecule has 0 N–H and O–H groups in total. The average Bonchev–Trinajstić information content (AvgIpc) is 2.55. The minimum absolute atomic E-state index is 0.0166. The molecule has 2 unspecified atom stereocenters. The number of halogens is 3. The summed E-state index contributed by atoms with van der Waals surface area (Å²) in [6.45, 7) is 4.62. The van der Waals surface area contributed by atoms with E-state index in [-0.39, 0.29) is 12.8 Å². The van der Waals surface area contributed by atoms with Crippen molar-refractivity contribution in [1.82, 2.24) is 4.90 Å². The van der Waals surface area contributed by atoms with E-state index >= 15 is 0 Å². The average molecular weight is 350 g/mol. The number of likely N-dealkylation sites (tertiary alicyclic amines) is 1. The van der Waals surface area contributed by atoms with Gasteiger partial charge in [0.25, 0.3) is 5.92 Å². The molecule has 0 spiro atoms. The Morgan fingerprint density at radius 3 is 2.70 bits per heavy atom. The highest BCUT2D eigenvalue weighted by atomic mass is 35.5. The third-order valence-electron chi connectivity index (χ3n) is 5.20. The quantitative estimate of drug-likeness (QED) is 0.458. The van der Waals surface area contributed by atoms with Crippen molar-refractivity contribution in [2.75, 3.05) is 32.2 Å². The lowest BCUT2D eigenvalue weighted by atomic mass is 9.84. The molecule has 0 bridgehead atoms. The van der Waals surface area contributed by atoms with Crippen LogP contribution in [0.1, 0.15) is 51.9 Å². The zero-order valence-electron chi connectivity index (χ0n) is 14.2. The smallest absolute Gasteiger partial charge is 0.250 e. The maximum atomic E-state index is 13.3. The summed E-state index contributed by atoms with van der Waals surface area (Å²) < 4.78 is 32.2. The van der Waals surface area contributed by atoms with Crippen LogP contribution in [0.2, 0.25) is 0 Å². The fourth-order valence-corrected chi connectivity index (χ4v) is 3.87. The molecule has 2 atom stereocenters. The maximum Gasteiger partial charge on any atom is 0.250 e. The molecule has 0 amide bonds. The van der Waals surface area contributed by atoms with Crippen LogP contribution < -0.4 is 0 Å². The zero-order chi connectivity index (χ0) is 16.7. The molecular formula is C18H30ClF2NO. The highest BCUT2D eigenvalue weighted by molar-refractivity contribution is 6.17. The molecular weight excluding hydrogens is 320 g/mol. The van der Waals surface area contributed by atoms with Gasteiger partial charge in [0.1, 0.15) is 0 Å². The van der Waals surface area contributed by atoms with Gasteiger partial charge in [-0.15, -0.1) is 11.6 Å². The second kappa shape index (κ2) is 9.33. The van der Waals surface area contributed by atoms with E-state index in [9.17, 15) is 8.78 Å². The Morgan fingerprint density at radius 1 is 1.39 bits per heavy atom. The molecule has 0 aromatic heterocycles. The van der Waals surface area contributed by atoms with Crippen molar-refractivity contribution in [3.63, 3.8) is 0 Å². The fourth-order valence-electron chi connectivity index (χ4n) is 3.72. The Morgan fingerprint density at radius 2 is 2.13 bits per heavy atom. The van der Waals surface area contributed by atoms with Gasteiger partial charge in [-0.3, -0.25) is 4.90 Å². The molecule has 5 heteroatoms. The highest BCUT2D eigenvalue weighted by Gasteiger charge is 2.36. The molecule has 2 rings (SSSR count). The van der Waals surface area contributed by atoms with Gasteiger partial charge >= 0.3 is 0 Å². The first-order valence-corrected chi connectivity index (χ1v) is 9.53. The van der Waals surface area contributed by atoms with Crippen LogP contribution in [-0.2, 0) is 4.74 Å². The predicted octanol–water partition coefficient (Wildman–Crippen LogP) is 4.87. The van der Waals surface area contributed by atoms with Crippen LogP contribution >= 0.6 is 11.6 Å². The number of hydrogen-bond acceptors (Lipinski definition) is 2. The van der Waals surface area contributed by atoms with Crippen molar-refractivity contribution < 1.29 is 13.5 Å². The van der Waals surface area contributed by atoms with Gasteiger partial charge in [0, 0.05) is 50.4 Å². The van der Waals surface area contributed by atoms with Crippen LogP contribution in [-0.4, -0.2) is 49.0 Å². The molecule has 0 aromatic rings. The minimum atomic E-state index is -2.45. The van der Waals surface area contributed by atoms with Crippen molar-refractivity contribution >= 4 is 11.6 Å². The number of nitrogens with zero attached hydrogens (tertiary/aromatic N) is 1. The summed E-state index contributed by atoms with van der Waals surface area (Å²) in [5.74, 6) is -1.28. The molecule has 2 aliphatic rings. The molecule has 1 aliphatic carbocycles. The van der Waals surface area contributed by atoms with Crippen molar-refractivity contribution in [2.24, 2.45) is 5.92 Å². The molecule has 0 saturated carbocycles. The van der Waals surface area contributed by atoms with E-state index in [0.717, 1.165) is 45.3 Å². The number of rotatable bonds is 8. The summed E-state index contributed by atoms with van der Waals surface area (Å²) in [6.07, 6.45) is 7.62. The van der Waals surface area contributed by atoms with E-state index in [1.165, 1.54) is 5.57 Å². The Kier molecular flexibility index (Phi) is 7.77. The molecule has 0 radical (unpaired) electrons. The molecule has 1 aliphatic heterocycles. The summed E-state index contributed by atoms with van der Waals surface area (Å²) in [5, 5.41) is 0. The van der Waals surface area contributed by atoms with Crippen LogP contribution in [0.4, 0.5) is 8.78 Å². The first kappa shape index (κ1) is 19.1. The second-order valence-electron chi connectivity index (χ2n) is 6.79. The van der Waals surface area contributed by atoms with E-state index in [0.29, 0.717) is 30.9 Å². The van der Waals surface area contributed by atoms with E-state index < -0.39 is 5.92 Å². The van der Waals surface area contributed by atoms with Gasteiger partial charge in [0.05, 0.1) is 6.61 Å². The van der Waals surface area contributed by atoms with E-state index in [1.807, 2.05) is 6.92 Å². The van der Waals surface area contributed by atoms with Gasteiger partial charge in [0.2, 0.25) is 0 Å². The molecule has 0 aromatic carbocycles. The van der Waals surface area contributed by atoms with Crippen LogP contribution in [0.25, 0.3) is 0 Å². The minimum Gasteiger partial charge on any atom is -0.381 e. The van der Waals surface area contributed by atoms with E-state index in [1.54, 1.807) is 0 Å². The van der Waals surface area contributed by atoms with Crippen LogP contribution in [0.15, 0.2) is 11.6 Å². The van der Waals surface area contributed by atoms with Crippen molar-refractivity contribution in [1.29, 1.82) is 0 Å². The lowest BCUT2D eigenvalue weighted by Crippen LogP contribution is -2.45. The monoisotopic (exact) mass is 349 g/mol. The normalized spacial score (nSPS) is 26.8. The van der Waals surface area contributed by atoms with Crippen LogP contribution in [0.5, 0.6) is 0 Å². The number of ether oxygens (including phenoxy) is 1. The summed E-state index contributed by atoms with van der Waals surface area (Å²) in [7, 11) is 0. The summed E-state index contributed by atoms with van der Waals surface area (Å²) in [4.78, 5) is 2.26. The molecule has 23 heavy (non-hydrogen) atoms. The predicted molar refractivity (Wildman–Crippen MR) is 91.4 cm³/mol. The highest BCUT2D eigenvalue weighted by Crippen LogP contribution is 2.34. The van der Waals surface area contributed by atoms with Gasteiger partial charge in [-0.05, 0) is 39.0 Å². The van der Waals surface area contributed by atoms with Crippen molar-refractivity contribution in [2.45, 2.75) is 63.8 Å². The zero-order valence-corrected chi connectivity index (χ0v) is 15.0. The molecule has 2 nitrogen and oxygen atoms in total. The number of piperidine rings is 1. The summed E-state index contributed by atoms with van der Waals surface area (Å²) >= 11 is 5.84. The lowest BCUT2D eigenvalue weighted by Gasteiger charge is -2.39. The molecule has 1 fully saturated rings. The standard InChI is InChI=1S/C18H30ClF2NO/c1-2-23-14-16(4-3-11-19)15-5-7-17(8-6-15)22-12-9-18(20,21)10-13-22/h5,16-17H,2-4,6-14H2,1H3. The van der Waals surface area contributed by atoms with Crippen molar-refractivity contribution in [3.8, 4) is 0 Å². The first-order valence-electron chi connectivity index (χ1n) is 9.00. The topological polar surface area (TPSA) is 12.5 Å². The van der Waals surface area contributed by atoms with E-state index in [4.69, 9.17) is 16.3 Å². The lowest BCUT2D eigenvalue weighted by molar-refractivity contribution is -0.0637. The van der Waals surface area contributed by atoms with Gasteiger partial charge in [-0.2, -0.15) is 0 Å². The Bertz CT molecular complexity index is 371. The second-order valence-corrected chi connectivity index (χ2v) is 7.16. The molecule has 1 heterocycles. The first-order chi connectivity index (χ1) is 11.1. The van der Waals surface area contributed by atoms with Gasteiger partial charge < -0.3 is 4.74 Å².